The molecular weight excluding hydrogens is 370 g/mol. The molecule has 2 aliphatic rings. The molecule has 6 atom stereocenters. The van der Waals surface area contributed by atoms with E-state index in [-0.39, 0.29) is 22.8 Å². The minimum atomic E-state index is -0.517. The Balaban J connectivity index is 2.09. The first kappa shape index (κ1) is 23.1. The molecule has 1 aliphatic carbocycles. The number of aliphatic imine (C=N–C) groups is 1. The monoisotopic (exact) mass is 405 g/mol. The van der Waals surface area contributed by atoms with E-state index >= 15 is 0 Å². The van der Waals surface area contributed by atoms with Crippen LogP contribution in [0.2, 0.25) is 0 Å². The summed E-state index contributed by atoms with van der Waals surface area (Å²) >= 11 is 4.75. The zero-order valence-electron chi connectivity index (χ0n) is 17.4. The topological polar surface area (TPSA) is 73.0 Å². The van der Waals surface area contributed by atoms with Gasteiger partial charge in [-0.2, -0.15) is 0 Å². The Labute approximate surface area is 175 Å². The summed E-state index contributed by atoms with van der Waals surface area (Å²) in [5.41, 5.74) is 0.586. The van der Waals surface area contributed by atoms with Gasteiger partial charge in [0.2, 0.25) is 0 Å². The van der Waals surface area contributed by atoms with Crippen LogP contribution in [0.5, 0.6) is 0 Å². The van der Waals surface area contributed by atoms with Crippen LogP contribution in [0.1, 0.15) is 72.1 Å². The smallest absolute Gasteiger partial charge is 0.156 e. The van der Waals surface area contributed by atoms with Gasteiger partial charge < -0.3 is 15.3 Å². The average molecular weight is 406 g/mol. The van der Waals surface area contributed by atoms with E-state index in [0.29, 0.717) is 12.8 Å². The van der Waals surface area contributed by atoms with E-state index in [1.54, 1.807) is 0 Å². The molecule has 1 heterocycles. The van der Waals surface area contributed by atoms with Gasteiger partial charge in [-0.25, -0.2) is 0 Å². The highest BCUT2D eigenvalue weighted by molar-refractivity contribution is 7.80. The van der Waals surface area contributed by atoms with Gasteiger partial charge in [0.05, 0.1) is 12.2 Å². The number of unbranched alkanes of at least 4 members (excludes halogenated alkanes) is 1. The fraction of sp³-hybridized carbons (Fsp3) is 0.739. The summed E-state index contributed by atoms with van der Waals surface area (Å²) in [5, 5.41) is 30.4. The van der Waals surface area contributed by atoms with Crippen molar-refractivity contribution < 1.29 is 15.3 Å². The van der Waals surface area contributed by atoms with E-state index in [1.807, 2.05) is 19.1 Å². The van der Waals surface area contributed by atoms with Gasteiger partial charge in [0.15, 0.2) is 5.05 Å². The van der Waals surface area contributed by atoms with Crippen LogP contribution in [0.3, 0.4) is 0 Å². The normalized spacial score (nSPS) is 31.2. The summed E-state index contributed by atoms with van der Waals surface area (Å²) in [6.07, 6.45) is 9.58. The molecule has 6 unspecified atom stereocenters. The van der Waals surface area contributed by atoms with Gasteiger partial charge in [0.1, 0.15) is 5.54 Å². The summed E-state index contributed by atoms with van der Waals surface area (Å²) < 4.78 is 0. The molecule has 1 fully saturated rings. The van der Waals surface area contributed by atoms with Crippen molar-refractivity contribution in [2.24, 2.45) is 22.7 Å². The molecule has 28 heavy (non-hydrogen) atoms. The van der Waals surface area contributed by atoms with Crippen LogP contribution in [0.25, 0.3) is 0 Å². The van der Waals surface area contributed by atoms with Crippen molar-refractivity contribution in [3.05, 3.63) is 12.2 Å². The van der Waals surface area contributed by atoms with Crippen LogP contribution < -0.4 is 0 Å². The van der Waals surface area contributed by atoms with Crippen LogP contribution in [0.15, 0.2) is 17.1 Å². The van der Waals surface area contributed by atoms with Crippen LogP contribution in [-0.4, -0.2) is 43.8 Å². The summed E-state index contributed by atoms with van der Waals surface area (Å²) in [6.45, 7) is 6.05. The van der Waals surface area contributed by atoms with Crippen molar-refractivity contribution in [3.63, 3.8) is 0 Å². The first-order chi connectivity index (χ1) is 13.3. The van der Waals surface area contributed by atoms with E-state index in [1.165, 1.54) is 0 Å². The fourth-order valence-corrected chi connectivity index (χ4v) is 4.73. The third-order valence-electron chi connectivity index (χ3n) is 6.18. The predicted octanol–water partition coefficient (Wildman–Crippen LogP) is 4.39. The Bertz CT molecular complexity index is 662. The Hall–Kier alpha value is -1.22. The highest BCUT2D eigenvalue weighted by atomic mass is 32.1. The number of hydrogen-bond donors (Lipinski definition) is 3. The first-order valence-corrected chi connectivity index (χ1v) is 11.0. The maximum absolute atomic E-state index is 10.7. The van der Waals surface area contributed by atoms with Gasteiger partial charge in [0.25, 0.3) is 0 Å². The summed E-state index contributed by atoms with van der Waals surface area (Å²) in [4.78, 5) is 4.93. The van der Waals surface area contributed by atoms with E-state index in [4.69, 9.17) is 17.2 Å². The largest absolute Gasteiger partial charge is 0.502 e. The van der Waals surface area contributed by atoms with Crippen molar-refractivity contribution in [2.45, 2.75) is 89.9 Å². The molecule has 156 valence electrons. The van der Waals surface area contributed by atoms with Gasteiger partial charge in [-0.3, -0.25) is 4.99 Å². The van der Waals surface area contributed by atoms with E-state index in [2.05, 4.69) is 25.7 Å². The lowest BCUT2D eigenvalue weighted by molar-refractivity contribution is 0.136. The van der Waals surface area contributed by atoms with Crippen molar-refractivity contribution in [2.75, 3.05) is 0 Å². The van der Waals surface area contributed by atoms with Crippen molar-refractivity contribution >= 4 is 23.0 Å². The zero-order valence-corrected chi connectivity index (χ0v) is 18.2. The number of nitrogens with zero attached hydrogens (tertiary/aromatic N) is 1. The minimum Gasteiger partial charge on any atom is -0.502 e. The highest BCUT2D eigenvalue weighted by Crippen LogP contribution is 2.50. The molecule has 2 rings (SSSR count). The van der Waals surface area contributed by atoms with E-state index < -0.39 is 17.7 Å². The van der Waals surface area contributed by atoms with Gasteiger partial charge in [-0.05, 0) is 50.7 Å². The molecule has 0 bridgehead atoms. The molecule has 0 spiro atoms. The number of thiocarbonyl (C=S) groups is 1. The number of aliphatic hydroxyl groups is 3. The third-order valence-corrected chi connectivity index (χ3v) is 6.38. The second kappa shape index (κ2) is 10.5. The van der Waals surface area contributed by atoms with Crippen LogP contribution in [0.4, 0.5) is 0 Å². The molecule has 0 radical (unpaired) electrons. The van der Waals surface area contributed by atoms with Crippen molar-refractivity contribution in [1.29, 1.82) is 0 Å². The third kappa shape index (κ3) is 5.65. The lowest BCUT2D eigenvalue weighted by Crippen LogP contribution is -2.27. The number of fused-ring (bicyclic) bond motifs is 1. The molecule has 0 saturated heterocycles. The molecule has 1 aliphatic heterocycles. The van der Waals surface area contributed by atoms with Crippen molar-refractivity contribution in [3.8, 4) is 11.8 Å². The Morgan fingerprint density at radius 1 is 1.43 bits per heavy atom. The highest BCUT2D eigenvalue weighted by Gasteiger charge is 2.54. The van der Waals surface area contributed by atoms with Gasteiger partial charge in [-0.1, -0.05) is 44.8 Å². The fourth-order valence-electron chi connectivity index (χ4n) is 4.59. The maximum Gasteiger partial charge on any atom is 0.156 e. The SMILES string of the molecule is CC#CC12CC(O)C(C=CC(O)C(C)CCCC)C1CC(CCCC(O)=S)=N2. The first-order valence-electron chi connectivity index (χ1n) is 10.6. The number of rotatable bonds is 10. The standard InChI is InChI=1S/C23H35NO3S/c1-4-6-8-16(3)20(25)12-11-18-19-14-17(9-7-10-22(27)28)24-23(19,13-5-2)15-21(18)26/h11-12,16,18-21,25-26H,4,6-10,14-15H2,1-3H3,(H,27,28). The number of hydrogen-bond acceptors (Lipinski definition) is 4. The lowest BCUT2D eigenvalue weighted by Gasteiger charge is -2.22. The Morgan fingerprint density at radius 3 is 2.82 bits per heavy atom. The molecule has 5 heteroatoms. The molecule has 0 aromatic rings. The Morgan fingerprint density at radius 2 is 2.18 bits per heavy atom. The summed E-state index contributed by atoms with van der Waals surface area (Å²) in [5.74, 6) is 6.60. The minimum absolute atomic E-state index is 0.0456. The quantitative estimate of drug-likeness (QED) is 0.286. The van der Waals surface area contributed by atoms with E-state index in [9.17, 15) is 15.3 Å². The second-order valence-corrected chi connectivity index (χ2v) is 8.85. The molecule has 4 nitrogen and oxygen atoms in total. The van der Waals surface area contributed by atoms with Crippen LogP contribution >= 0.6 is 12.2 Å². The summed E-state index contributed by atoms with van der Waals surface area (Å²) in [7, 11) is 0. The molecule has 0 aromatic carbocycles. The molecule has 1 saturated carbocycles. The average Bonchev–Trinajstić information content (AvgIpc) is 3.08. The van der Waals surface area contributed by atoms with Gasteiger partial charge in [-0.15, -0.1) is 5.92 Å². The van der Waals surface area contributed by atoms with E-state index in [0.717, 1.165) is 44.2 Å². The molecule has 0 amide bonds. The molecular formula is C23H35NO3S. The van der Waals surface area contributed by atoms with Gasteiger partial charge in [0, 0.05) is 30.4 Å². The molecule has 3 N–H and O–H groups in total. The van der Waals surface area contributed by atoms with Crippen molar-refractivity contribution in [1.82, 2.24) is 0 Å². The second-order valence-electron chi connectivity index (χ2n) is 8.38. The summed E-state index contributed by atoms with van der Waals surface area (Å²) in [6, 6.07) is 0. The van der Waals surface area contributed by atoms with Crippen LogP contribution in [0, 0.1) is 29.6 Å². The van der Waals surface area contributed by atoms with Crippen LogP contribution in [-0.2, 0) is 0 Å². The molecule has 0 aromatic heterocycles. The lowest BCUT2D eigenvalue weighted by atomic mass is 9.82. The van der Waals surface area contributed by atoms with Gasteiger partial charge >= 0.3 is 0 Å². The Kier molecular flexibility index (Phi) is 8.67. The maximum atomic E-state index is 10.7. The number of aliphatic hydroxyl groups excluding tert-OH is 3. The predicted molar refractivity (Wildman–Crippen MR) is 119 cm³/mol. The zero-order chi connectivity index (χ0) is 20.7.